The molecule has 0 atom stereocenters. The van der Waals surface area contributed by atoms with Crippen LogP contribution in [0, 0.1) is 0 Å². The van der Waals surface area contributed by atoms with E-state index in [1.165, 1.54) is 0 Å². The summed E-state index contributed by atoms with van der Waals surface area (Å²) in [5.41, 5.74) is 2.43. The van der Waals surface area contributed by atoms with Crippen LogP contribution in [0.25, 0.3) is 0 Å². The maximum atomic E-state index is 6.21. The summed E-state index contributed by atoms with van der Waals surface area (Å²) in [6.45, 7) is 0. The molecule has 4 heteroatoms. The molecule has 0 fully saturated rings. The molecule has 0 bridgehead atoms. The summed E-state index contributed by atoms with van der Waals surface area (Å²) in [5.74, 6) is 0.805. The average molecular weight is 258 g/mol. The molecule has 2 aromatic carbocycles. The SMILES string of the molecule is [B]c1cccc(N(C)c2cccc(OC)c2)c1Cl. The Hall–Kier alpha value is -1.61. The Kier molecular flexibility index (Phi) is 3.82. The Labute approximate surface area is 114 Å². The second kappa shape index (κ2) is 5.36. The monoisotopic (exact) mass is 257 g/mol. The highest BCUT2D eigenvalue weighted by Gasteiger charge is 2.09. The zero-order valence-electron chi connectivity index (χ0n) is 10.4. The Morgan fingerprint density at radius 3 is 2.61 bits per heavy atom. The van der Waals surface area contributed by atoms with Crippen molar-refractivity contribution in [3.8, 4) is 5.75 Å². The van der Waals surface area contributed by atoms with E-state index >= 15 is 0 Å². The first-order chi connectivity index (χ1) is 8.63. The lowest BCUT2D eigenvalue weighted by Crippen LogP contribution is -2.14. The van der Waals surface area contributed by atoms with Crippen LogP contribution in [0.2, 0.25) is 5.02 Å². The molecule has 90 valence electrons. The van der Waals surface area contributed by atoms with Gasteiger partial charge < -0.3 is 9.64 Å². The van der Waals surface area contributed by atoms with Gasteiger partial charge in [-0.2, -0.15) is 0 Å². The second-order valence-corrected chi connectivity index (χ2v) is 4.32. The molecule has 2 nitrogen and oxygen atoms in total. The van der Waals surface area contributed by atoms with Crippen LogP contribution in [-0.2, 0) is 0 Å². The third-order valence-corrected chi connectivity index (χ3v) is 3.22. The van der Waals surface area contributed by atoms with E-state index in [-0.39, 0.29) is 0 Å². The zero-order chi connectivity index (χ0) is 13.1. The van der Waals surface area contributed by atoms with Crippen molar-refractivity contribution in [2.75, 3.05) is 19.1 Å². The molecule has 2 aromatic rings. The van der Waals surface area contributed by atoms with Gasteiger partial charge in [0.25, 0.3) is 0 Å². The van der Waals surface area contributed by atoms with E-state index in [0.29, 0.717) is 10.5 Å². The van der Waals surface area contributed by atoms with E-state index in [1.54, 1.807) is 13.2 Å². The smallest absolute Gasteiger partial charge is 0.120 e. The van der Waals surface area contributed by atoms with Crippen LogP contribution in [0.15, 0.2) is 42.5 Å². The first-order valence-corrected chi connectivity index (χ1v) is 5.93. The molecule has 0 unspecified atom stereocenters. The number of ether oxygens (including phenoxy) is 1. The van der Waals surface area contributed by atoms with Gasteiger partial charge in [-0.05, 0) is 18.2 Å². The van der Waals surface area contributed by atoms with Crippen LogP contribution >= 0.6 is 11.6 Å². The Bertz CT molecular complexity index is 559. The van der Waals surface area contributed by atoms with Crippen LogP contribution in [0.1, 0.15) is 0 Å². The van der Waals surface area contributed by atoms with Crippen molar-refractivity contribution in [3.63, 3.8) is 0 Å². The van der Waals surface area contributed by atoms with Gasteiger partial charge in [0.05, 0.1) is 17.8 Å². The molecule has 2 rings (SSSR count). The van der Waals surface area contributed by atoms with E-state index in [2.05, 4.69) is 0 Å². The number of hydrogen-bond donors (Lipinski definition) is 0. The van der Waals surface area contributed by atoms with E-state index in [0.717, 1.165) is 17.1 Å². The summed E-state index contributed by atoms with van der Waals surface area (Å²) >= 11 is 6.21. The van der Waals surface area contributed by atoms with Gasteiger partial charge in [-0.25, -0.2) is 0 Å². The molecule has 0 spiro atoms. The lowest BCUT2D eigenvalue weighted by atomic mass is 9.95. The van der Waals surface area contributed by atoms with Crippen molar-refractivity contribution in [1.82, 2.24) is 0 Å². The number of anilines is 2. The number of hydrogen-bond acceptors (Lipinski definition) is 2. The highest BCUT2D eigenvalue weighted by molar-refractivity contribution is 6.46. The summed E-state index contributed by atoms with van der Waals surface area (Å²) in [6.07, 6.45) is 0. The molecular formula is C14H13BClNO. The average Bonchev–Trinajstić information content (AvgIpc) is 2.41. The van der Waals surface area contributed by atoms with Gasteiger partial charge in [0.1, 0.15) is 13.6 Å². The van der Waals surface area contributed by atoms with Crippen LogP contribution in [0.3, 0.4) is 0 Å². The Balaban J connectivity index is 2.41. The van der Waals surface area contributed by atoms with Gasteiger partial charge in [-0.3, -0.25) is 0 Å². The topological polar surface area (TPSA) is 12.5 Å². The first-order valence-electron chi connectivity index (χ1n) is 5.55. The molecule has 18 heavy (non-hydrogen) atoms. The largest absolute Gasteiger partial charge is 0.497 e. The van der Waals surface area contributed by atoms with E-state index in [9.17, 15) is 0 Å². The van der Waals surface area contributed by atoms with E-state index in [4.69, 9.17) is 24.2 Å². The van der Waals surface area contributed by atoms with Gasteiger partial charge in [0, 0.05) is 18.8 Å². The third-order valence-electron chi connectivity index (χ3n) is 2.81. The van der Waals surface area contributed by atoms with E-state index in [1.807, 2.05) is 48.3 Å². The van der Waals surface area contributed by atoms with Crippen LogP contribution in [0.5, 0.6) is 5.75 Å². The second-order valence-electron chi connectivity index (χ2n) is 3.94. The van der Waals surface area contributed by atoms with Crippen molar-refractivity contribution < 1.29 is 4.74 Å². The number of benzene rings is 2. The lowest BCUT2D eigenvalue weighted by Gasteiger charge is -2.22. The molecule has 0 heterocycles. The fraction of sp³-hybridized carbons (Fsp3) is 0.143. The Morgan fingerprint density at radius 1 is 1.17 bits per heavy atom. The van der Waals surface area contributed by atoms with Gasteiger partial charge in [-0.15, -0.1) is 0 Å². The standard InChI is InChI=1S/C14H13BClNO/c1-17(10-5-3-6-11(9-10)18-2)13-8-4-7-12(15)14(13)16/h3-9H,1-2H3. The fourth-order valence-corrected chi connectivity index (χ4v) is 2.01. The predicted octanol–water partition coefficient (Wildman–Crippen LogP) is 2.91. The molecule has 0 aromatic heterocycles. The number of nitrogens with zero attached hydrogens (tertiary/aromatic N) is 1. The third kappa shape index (κ3) is 2.46. The summed E-state index contributed by atoms with van der Waals surface area (Å²) in [5, 5.41) is 0.558. The maximum Gasteiger partial charge on any atom is 0.120 e. The van der Waals surface area contributed by atoms with Gasteiger partial charge in [0.15, 0.2) is 0 Å². The van der Waals surface area contributed by atoms with Crippen molar-refractivity contribution in [2.24, 2.45) is 0 Å². The molecule has 0 N–H and O–H groups in total. The fourth-order valence-electron chi connectivity index (χ4n) is 1.75. The lowest BCUT2D eigenvalue weighted by molar-refractivity contribution is 0.415. The first kappa shape index (κ1) is 12.8. The quantitative estimate of drug-likeness (QED) is 0.784. The molecule has 0 aliphatic carbocycles. The van der Waals surface area contributed by atoms with Crippen LogP contribution in [0.4, 0.5) is 11.4 Å². The predicted molar refractivity (Wildman–Crippen MR) is 77.9 cm³/mol. The molecule has 0 saturated heterocycles. The minimum Gasteiger partial charge on any atom is -0.497 e. The highest BCUT2D eigenvalue weighted by Crippen LogP contribution is 2.30. The molecule has 2 radical (unpaired) electrons. The highest BCUT2D eigenvalue weighted by atomic mass is 35.5. The molecule has 0 amide bonds. The normalized spacial score (nSPS) is 10.2. The molecule has 0 saturated carbocycles. The Morgan fingerprint density at radius 2 is 1.89 bits per heavy atom. The maximum absolute atomic E-state index is 6.21. The number of rotatable bonds is 3. The number of methoxy groups -OCH3 is 1. The molecular weight excluding hydrogens is 244 g/mol. The summed E-state index contributed by atoms with van der Waals surface area (Å²) in [4.78, 5) is 1.97. The molecule has 0 aliphatic rings. The van der Waals surface area contributed by atoms with Crippen molar-refractivity contribution in [1.29, 1.82) is 0 Å². The summed E-state index contributed by atoms with van der Waals surface area (Å²) in [6, 6.07) is 13.4. The minimum atomic E-state index is 0.558. The van der Waals surface area contributed by atoms with Crippen LogP contribution < -0.4 is 15.1 Å². The minimum absolute atomic E-state index is 0.558. The molecule has 0 aliphatic heterocycles. The van der Waals surface area contributed by atoms with E-state index < -0.39 is 0 Å². The summed E-state index contributed by atoms with van der Waals surface area (Å²) < 4.78 is 5.21. The van der Waals surface area contributed by atoms with Crippen molar-refractivity contribution in [2.45, 2.75) is 0 Å². The number of halogens is 1. The zero-order valence-corrected chi connectivity index (χ0v) is 11.1. The van der Waals surface area contributed by atoms with Gasteiger partial charge in [-0.1, -0.05) is 35.3 Å². The van der Waals surface area contributed by atoms with Gasteiger partial charge in [0.2, 0.25) is 0 Å². The van der Waals surface area contributed by atoms with Crippen LogP contribution in [-0.4, -0.2) is 22.0 Å². The summed E-state index contributed by atoms with van der Waals surface area (Å²) in [7, 11) is 9.39. The van der Waals surface area contributed by atoms with Gasteiger partial charge >= 0.3 is 0 Å². The van der Waals surface area contributed by atoms with Crippen molar-refractivity contribution in [3.05, 3.63) is 47.5 Å². The van der Waals surface area contributed by atoms with Crippen molar-refractivity contribution >= 4 is 36.3 Å².